The van der Waals surface area contributed by atoms with Gasteiger partial charge in [0.2, 0.25) is 0 Å². The van der Waals surface area contributed by atoms with Crippen molar-refractivity contribution in [2.75, 3.05) is 0 Å². The van der Waals surface area contributed by atoms with Gasteiger partial charge >= 0.3 is 0 Å². The third-order valence-electron chi connectivity index (χ3n) is 1.61. The van der Waals surface area contributed by atoms with E-state index in [1.54, 1.807) is 6.07 Å². The summed E-state index contributed by atoms with van der Waals surface area (Å²) in [5.41, 5.74) is -0.105. The zero-order valence-corrected chi connectivity index (χ0v) is 6.75. The predicted molar refractivity (Wildman–Crippen MR) is 44.1 cm³/mol. The standard InChI is InChI=1S/C8H7N3O2/c12-8-2-3-9-6-11(8)5-7-1-4-10-13-7/h1-4,6H,5H2. The molecule has 0 amide bonds. The molecule has 0 aromatic carbocycles. The van der Waals surface area contributed by atoms with Crippen LogP contribution in [0.25, 0.3) is 0 Å². The molecule has 0 spiro atoms. The summed E-state index contributed by atoms with van der Waals surface area (Å²) in [5, 5.41) is 3.54. The quantitative estimate of drug-likeness (QED) is 0.661. The molecule has 2 aromatic rings. The third-order valence-corrected chi connectivity index (χ3v) is 1.61. The van der Waals surface area contributed by atoms with Gasteiger partial charge in [-0.05, 0) is 0 Å². The number of hydrogen-bond acceptors (Lipinski definition) is 4. The van der Waals surface area contributed by atoms with Gasteiger partial charge < -0.3 is 4.52 Å². The second-order valence-corrected chi connectivity index (χ2v) is 2.53. The Bertz CT molecular complexity index is 433. The Morgan fingerprint density at radius 2 is 2.31 bits per heavy atom. The first kappa shape index (κ1) is 7.72. The summed E-state index contributed by atoms with van der Waals surface area (Å²) in [4.78, 5) is 15.0. The van der Waals surface area contributed by atoms with Crippen molar-refractivity contribution in [3.05, 3.63) is 47.0 Å². The highest BCUT2D eigenvalue weighted by molar-refractivity contribution is 4.95. The molecule has 5 heteroatoms. The molecular weight excluding hydrogens is 170 g/mol. The lowest BCUT2D eigenvalue weighted by Gasteiger charge is -1.98. The molecule has 0 unspecified atom stereocenters. The number of aromatic nitrogens is 3. The fourth-order valence-corrected chi connectivity index (χ4v) is 0.989. The lowest BCUT2D eigenvalue weighted by molar-refractivity contribution is 0.374. The van der Waals surface area contributed by atoms with Gasteiger partial charge in [-0.3, -0.25) is 9.36 Å². The summed E-state index contributed by atoms with van der Waals surface area (Å²) < 4.78 is 6.30. The molecule has 0 bridgehead atoms. The van der Waals surface area contributed by atoms with Gasteiger partial charge in [-0.2, -0.15) is 0 Å². The average Bonchev–Trinajstić information content (AvgIpc) is 2.61. The summed E-state index contributed by atoms with van der Waals surface area (Å²) in [6.45, 7) is 0.368. The molecule has 0 saturated carbocycles. The molecule has 0 saturated heterocycles. The van der Waals surface area contributed by atoms with E-state index in [9.17, 15) is 4.79 Å². The highest BCUT2D eigenvalue weighted by Crippen LogP contribution is 1.97. The van der Waals surface area contributed by atoms with Gasteiger partial charge in [0.05, 0.1) is 19.1 Å². The Hall–Kier alpha value is -1.91. The molecule has 13 heavy (non-hydrogen) atoms. The van der Waals surface area contributed by atoms with Crippen LogP contribution in [0.15, 0.2) is 40.2 Å². The molecule has 0 aliphatic rings. The highest BCUT2D eigenvalue weighted by atomic mass is 16.5. The zero-order valence-electron chi connectivity index (χ0n) is 6.75. The number of nitrogens with zero attached hydrogens (tertiary/aromatic N) is 3. The van der Waals surface area contributed by atoms with Crippen molar-refractivity contribution >= 4 is 0 Å². The first-order valence-electron chi connectivity index (χ1n) is 3.76. The van der Waals surface area contributed by atoms with Crippen LogP contribution in [0.5, 0.6) is 0 Å². The SMILES string of the molecule is O=c1ccncn1Cc1ccno1. The summed E-state index contributed by atoms with van der Waals surface area (Å²) in [6, 6.07) is 3.11. The van der Waals surface area contributed by atoms with Gasteiger partial charge in [0.1, 0.15) is 0 Å². The molecule has 66 valence electrons. The third kappa shape index (κ3) is 1.64. The topological polar surface area (TPSA) is 60.9 Å². The van der Waals surface area contributed by atoms with Gasteiger partial charge in [0.15, 0.2) is 5.76 Å². The first-order chi connectivity index (χ1) is 6.36. The van der Waals surface area contributed by atoms with Crippen molar-refractivity contribution in [1.29, 1.82) is 0 Å². The number of hydrogen-bond donors (Lipinski definition) is 0. The fraction of sp³-hybridized carbons (Fsp3) is 0.125. The molecule has 0 radical (unpaired) electrons. The molecule has 0 aliphatic carbocycles. The normalized spacial score (nSPS) is 10.2. The summed E-state index contributed by atoms with van der Waals surface area (Å²) in [6.07, 6.45) is 4.46. The number of rotatable bonds is 2. The van der Waals surface area contributed by atoms with E-state index in [0.717, 1.165) is 0 Å². The van der Waals surface area contributed by atoms with Crippen molar-refractivity contribution in [1.82, 2.24) is 14.7 Å². The maximum absolute atomic E-state index is 11.2. The Morgan fingerprint density at radius 3 is 3.00 bits per heavy atom. The largest absolute Gasteiger partial charge is 0.359 e. The van der Waals surface area contributed by atoms with E-state index in [4.69, 9.17) is 4.52 Å². The molecule has 5 nitrogen and oxygen atoms in total. The molecule has 2 aromatic heterocycles. The maximum atomic E-state index is 11.2. The van der Waals surface area contributed by atoms with E-state index in [1.807, 2.05) is 0 Å². The van der Waals surface area contributed by atoms with Crippen molar-refractivity contribution in [2.45, 2.75) is 6.54 Å². The van der Waals surface area contributed by atoms with Crippen LogP contribution in [0.2, 0.25) is 0 Å². The fourth-order valence-electron chi connectivity index (χ4n) is 0.989. The maximum Gasteiger partial charge on any atom is 0.253 e. The summed E-state index contributed by atoms with van der Waals surface area (Å²) >= 11 is 0. The van der Waals surface area contributed by atoms with E-state index in [0.29, 0.717) is 12.3 Å². The van der Waals surface area contributed by atoms with Crippen LogP contribution in [0.3, 0.4) is 0 Å². The molecule has 0 aliphatic heterocycles. The van der Waals surface area contributed by atoms with Gasteiger partial charge in [-0.15, -0.1) is 0 Å². The van der Waals surface area contributed by atoms with Crippen LogP contribution in [-0.4, -0.2) is 14.7 Å². The van der Waals surface area contributed by atoms with E-state index in [-0.39, 0.29) is 5.56 Å². The lowest BCUT2D eigenvalue weighted by atomic mass is 10.4. The van der Waals surface area contributed by atoms with Gasteiger partial charge in [0, 0.05) is 18.3 Å². The summed E-state index contributed by atoms with van der Waals surface area (Å²) in [7, 11) is 0. The van der Waals surface area contributed by atoms with Crippen LogP contribution < -0.4 is 5.56 Å². The molecular formula is C8H7N3O2. The van der Waals surface area contributed by atoms with Crippen LogP contribution in [-0.2, 0) is 6.54 Å². The molecule has 2 rings (SSSR count). The highest BCUT2D eigenvalue weighted by Gasteiger charge is 1.99. The van der Waals surface area contributed by atoms with Gasteiger partial charge in [-0.25, -0.2) is 4.98 Å². The Kier molecular flexibility index (Phi) is 1.91. The minimum absolute atomic E-state index is 0.105. The van der Waals surface area contributed by atoms with Gasteiger partial charge in [-0.1, -0.05) is 5.16 Å². The van der Waals surface area contributed by atoms with Gasteiger partial charge in [0.25, 0.3) is 5.56 Å². The van der Waals surface area contributed by atoms with E-state index in [2.05, 4.69) is 10.1 Å². The smallest absolute Gasteiger partial charge is 0.253 e. The van der Waals surface area contributed by atoms with Crippen LogP contribution in [0.1, 0.15) is 5.76 Å². The monoisotopic (exact) mass is 177 g/mol. The lowest BCUT2D eigenvalue weighted by Crippen LogP contribution is -2.18. The Labute approximate surface area is 73.6 Å². The van der Waals surface area contributed by atoms with Crippen molar-refractivity contribution in [3.8, 4) is 0 Å². The second kappa shape index (κ2) is 3.22. The van der Waals surface area contributed by atoms with Crippen LogP contribution in [0, 0.1) is 0 Å². The van der Waals surface area contributed by atoms with Crippen molar-refractivity contribution in [3.63, 3.8) is 0 Å². The first-order valence-corrected chi connectivity index (χ1v) is 3.76. The average molecular weight is 177 g/mol. The second-order valence-electron chi connectivity index (χ2n) is 2.53. The molecule has 0 N–H and O–H groups in total. The van der Waals surface area contributed by atoms with E-state index < -0.39 is 0 Å². The minimum Gasteiger partial charge on any atom is -0.359 e. The molecule has 2 heterocycles. The van der Waals surface area contributed by atoms with Crippen LogP contribution >= 0.6 is 0 Å². The Balaban J connectivity index is 2.29. The van der Waals surface area contributed by atoms with Crippen molar-refractivity contribution in [2.24, 2.45) is 0 Å². The minimum atomic E-state index is -0.105. The van der Waals surface area contributed by atoms with E-state index in [1.165, 1.54) is 29.4 Å². The predicted octanol–water partition coefficient (Wildman–Crippen LogP) is 0.280. The molecule has 0 fully saturated rings. The Morgan fingerprint density at radius 1 is 1.38 bits per heavy atom. The zero-order chi connectivity index (χ0) is 9.10. The molecule has 0 atom stereocenters. The van der Waals surface area contributed by atoms with Crippen molar-refractivity contribution < 1.29 is 4.52 Å². The van der Waals surface area contributed by atoms with Crippen LogP contribution in [0.4, 0.5) is 0 Å². The summed E-state index contributed by atoms with van der Waals surface area (Å²) in [5.74, 6) is 0.634. The van der Waals surface area contributed by atoms with E-state index >= 15 is 0 Å².